The molecule has 0 fully saturated rings. The molecule has 0 bridgehead atoms. The first kappa shape index (κ1) is 11.3. The lowest BCUT2D eigenvalue weighted by atomic mass is 10.2. The van der Waals surface area contributed by atoms with Gasteiger partial charge in [0.1, 0.15) is 24.3 Å². The molecule has 0 aliphatic rings. The Balaban J connectivity index is 2.19. The number of aliphatic hydroxyl groups excluding tert-OH is 1. The fourth-order valence-electron chi connectivity index (χ4n) is 1.27. The van der Waals surface area contributed by atoms with Gasteiger partial charge in [0.05, 0.1) is 0 Å². The van der Waals surface area contributed by atoms with Gasteiger partial charge >= 0.3 is 0 Å². The minimum atomic E-state index is -0.620. The third kappa shape index (κ3) is 2.33. The number of alkyl halides is 1. The average Bonchev–Trinajstić information content (AvgIpc) is 2.85. The van der Waals surface area contributed by atoms with Gasteiger partial charge in [-0.3, -0.25) is 0 Å². The van der Waals surface area contributed by atoms with E-state index >= 15 is 0 Å². The minimum Gasteiger partial charge on any atom is -0.448 e. The van der Waals surface area contributed by atoms with Crippen LogP contribution < -0.4 is 0 Å². The molecule has 0 spiro atoms. The number of hydrogen-bond acceptors (Lipinski definition) is 5. The molecular formula is C10H11BrN2O3. The Labute approximate surface area is 101 Å². The van der Waals surface area contributed by atoms with Gasteiger partial charge in [-0.25, -0.2) is 9.97 Å². The zero-order valence-corrected chi connectivity index (χ0v) is 10.3. The highest BCUT2D eigenvalue weighted by Gasteiger charge is 2.15. The van der Waals surface area contributed by atoms with Crippen LogP contribution in [0.25, 0.3) is 11.6 Å². The van der Waals surface area contributed by atoms with Gasteiger partial charge < -0.3 is 13.9 Å². The molecule has 1 N–H and O–H groups in total. The Hall–Kier alpha value is -1.14. The van der Waals surface area contributed by atoms with Crippen molar-refractivity contribution >= 4 is 15.9 Å². The Kier molecular flexibility index (Phi) is 3.40. The summed E-state index contributed by atoms with van der Waals surface area (Å²) >= 11 is 3.26. The third-order valence-corrected chi connectivity index (χ3v) is 2.54. The van der Waals surface area contributed by atoms with Crippen molar-refractivity contribution in [1.82, 2.24) is 9.97 Å². The molecule has 6 heteroatoms. The van der Waals surface area contributed by atoms with Crippen LogP contribution in [0.5, 0.6) is 0 Å². The van der Waals surface area contributed by atoms with Crippen molar-refractivity contribution in [3.8, 4) is 11.6 Å². The Morgan fingerprint density at radius 2 is 2.19 bits per heavy atom. The number of aryl methyl sites for hydroxylation is 1. The van der Waals surface area contributed by atoms with E-state index in [9.17, 15) is 5.11 Å². The van der Waals surface area contributed by atoms with Crippen LogP contribution in [-0.2, 0) is 0 Å². The standard InChI is InChI=1S/C10H11BrN2O3/c1-6-12-8(5-15-6)10-13-7(4-16-10)9(14)2-3-11/h4-5,9,14H,2-3H2,1H3/t9-/m1/s1. The van der Waals surface area contributed by atoms with Crippen LogP contribution in [0.1, 0.15) is 24.1 Å². The van der Waals surface area contributed by atoms with Crippen molar-refractivity contribution in [3.05, 3.63) is 24.1 Å². The Morgan fingerprint density at radius 3 is 2.81 bits per heavy atom. The van der Waals surface area contributed by atoms with Crippen LogP contribution in [0.15, 0.2) is 21.4 Å². The monoisotopic (exact) mass is 286 g/mol. The Bertz CT molecular complexity index is 466. The van der Waals surface area contributed by atoms with Gasteiger partial charge in [-0.05, 0) is 6.42 Å². The lowest BCUT2D eigenvalue weighted by Gasteiger charge is -2.02. The second-order valence-corrected chi connectivity index (χ2v) is 4.12. The van der Waals surface area contributed by atoms with Crippen LogP contribution in [0, 0.1) is 6.92 Å². The molecule has 0 aliphatic carbocycles. The highest BCUT2D eigenvalue weighted by molar-refractivity contribution is 9.09. The fraction of sp³-hybridized carbons (Fsp3) is 0.400. The molecule has 0 unspecified atom stereocenters. The molecule has 0 aliphatic heterocycles. The topological polar surface area (TPSA) is 72.3 Å². The maximum atomic E-state index is 9.69. The second-order valence-electron chi connectivity index (χ2n) is 3.32. The molecule has 2 aromatic rings. The zero-order valence-electron chi connectivity index (χ0n) is 8.68. The lowest BCUT2D eigenvalue weighted by Crippen LogP contribution is -1.98. The van der Waals surface area contributed by atoms with E-state index in [0.29, 0.717) is 34.9 Å². The van der Waals surface area contributed by atoms with Crippen molar-refractivity contribution in [2.75, 3.05) is 5.33 Å². The molecule has 0 aromatic carbocycles. The van der Waals surface area contributed by atoms with E-state index in [1.165, 1.54) is 12.5 Å². The summed E-state index contributed by atoms with van der Waals surface area (Å²) in [7, 11) is 0. The number of halogens is 1. The summed E-state index contributed by atoms with van der Waals surface area (Å²) in [6.07, 6.45) is 2.88. The van der Waals surface area contributed by atoms with Gasteiger partial charge in [0.2, 0.25) is 5.89 Å². The first-order chi connectivity index (χ1) is 7.70. The molecule has 2 rings (SSSR count). The highest BCUT2D eigenvalue weighted by Crippen LogP contribution is 2.22. The zero-order chi connectivity index (χ0) is 11.5. The van der Waals surface area contributed by atoms with Gasteiger partial charge in [0.15, 0.2) is 11.6 Å². The molecule has 2 heterocycles. The van der Waals surface area contributed by atoms with Crippen LogP contribution in [0.3, 0.4) is 0 Å². The first-order valence-corrected chi connectivity index (χ1v) is 5.95. The van der Waals surface area contributed by atoms with Gasteiger partial charge in [-0.15, -0.1) is 0 Å². The smallest absolute Gasteiger partial charge is 0.248 e. The first-order valence-electron chi connectivity index (χ1n) is 4.82. The number of hydrogen-bond donors (Lipinski definition) is 1. The molecule has 0 radical (unpaired) electrons. The van der Waals surface area contributed by atoms with E-state index in [2.05, 4.69) is 25.9 Å². The van der Waals surface area contributed by atoms with E-state index in [0.717, 1.165) is 0 Å². The molecule has 0 amide bonds. The molecule has 0 saturated heterocycles. The summed E-state index contributed by atoms with van der Waals surface area (Å²) in [5.41, 5.74) is 1.05. The highest BCUT2D eigenvalue weighted by atomic mass is 79.9. The third-order valence-electron chi connectivity index (χ3n) is 2.08. The van der Waals surface area contributed by atoms with Crippen LogP contribution in [0.4, 0.5) is 0 Å². The maximum absolute atomic E-state index is 9.69. The predicted molar refractivity (Wildman–Crippen MR) is 60.1 cm³/mol. The van der Waals surface area contributed by atoms with Gasteiger partial charge in [-0.2, -0.15) is 0 Å². The number of rotatable bonds is 4. The predicted octanol–water partition coefficient (Wildman–Crippen LogP) is 2.46. The molecular weight excluding hydrogens is 276 g/mol. The largest absolute Gasteiger partial charge is 0.448 e. The summed E-state index contributed by atoms with van der Waals surface area (Å²) in [6.45, 7) is 1.74. The van der Waals surface area contributed by atoms with Crippen molar-refractivity contribution in [2.45, 2.75) is 19.4 Å². The maximum Gasteiger partial charge on any atom is 0.248 e. The summed E-state index contributed by atoms with van der Waals surface area (Å²) < 4.78 is 10.3. The quantitative estimate of drug-likeness (QED) is 0.874. The van der Waals surface area contributed by atoms with E-state index in [1.54, 1.807) is 6.92 Å². The van der Waals surface area contributed by atoms with Gasteiger partial charge in [-0.1, -0.05) is 15.9 Å². The van der Waals surface area contributed by atoms with E-state index in [1.807, 2.05) is 0 Å². The van der Waals surface area contributed by atoms with Crippen LogP contribution in [0.2, 0.25) is 0 Å². The number of aliphatic hydroxyl groups is 1. The van der Waals surface area contributed by atoms with E-state index in [4.69, 9.17) is 8.83 Å². The minimum absolute atomic E-state index is 0.362. The van der Waals surface area contributed by atoms with Crippen molar-refractivity contribution in [1.29, 1.82) is 0 Å². The summed E-state index contributed by atoms with van der Waals surface area (Å²) in [4.78, 5) is 8.24. The van der Waals surface area contributed by atoms with Crippen molar-refractivity contribution in [2.24, 2.45) is 0 Å². The number of oxazole rings is 2. The molecule has 1 atom stereocenters. The summed E-state index contributed by atoms with van der Waals surface area (Å²) in [5.74, 6) is 0.913. The molecule has 5 nitrogen and oxygen atoms in total. The SMILES string of the molecule is Cc1nc(-c2nc([C@H](O)CCBr)co2)co1. The molecule has 86 valence electrons. The number of aromatic nitrogens is 2. The average molecular weight is 287 g/mol. The number of nitrogens with zero attached hydrogens (tertiary/aromatic N) is 2. The summed E-state index contributed by atoms with van der Waals surface area (Å²) in [5, 5.41) is 10.4. The van der Waals surface area contributed by atoms with Crippen LogP contribution >= 0.6 is 15.9 Å². The normalized spacial score (nSPS) is 12.9. The second kappa shape index (κ2) is 4.80. The van der Waals surface area contributed by atoms with Gasteiger partial charge in [0.25, 0.3) is 0 Å². The van der Waals surface area contributed by atoms with E-state index < -0.39 is 6.10 Å². The van der Waals surface area contributed by atoms with Crippen molar-refractivity contribution < 1.29 is 13.9 Å². The molecule has 16 heavy (non-hydrogen) atoms. The van der Waals surface area contributed by atoms with Crippen molar-refractivity contribution in [3.63, 3.8) is 0 Å². The van der Waals surface area contributed by atoms with Gasteiger partial charge in [0, 0.05) is 12.3 Å². The fourth-order valence-corrected chi connectivity index (χ4v) is 1.70. The lowest BCUT2D eigenvalue weighted by molar-refractivity contribution is 0.170. The Morgan fingerprint density at radius 1 is 1.38 bits per heavy atom. The summed E-state index contributed by atoms with van der Waals surface area (Å²) in [6, 6.07) is 0. The van der Waals surface area contributed by atoms with E-state index in [-0.39, 0.29) is 0 Å². The van der Waals surface area contributed by atoms with Crippen LogP contribution in [-0.4, -0.2) is 20.4 Å². The molecule has 0 saturated carbocycles. The molecule has 2 aromatic heterocycles.